The van der Waals surface area contributed by atoms with Crippen LogP contribution in [0.5, 0.6) is 0 Å². The summed E-state index contributed by atoms with van der Waals surface area (Å²) in [5, 5.41) is 0. The smallest absolute Gasteiger partial charge is 0.219 e. The van der Waals surface area contributed by atoms with Gasteiger partial charge in [0.15, 0.2) is 0 Å². The Kier molecular flexibility index (Phi) is 4.59. The molecule has 1 fully saturated rings. The lowest BCUT2D eigenvalue weighted by atomic mass is 10.1. The lowest BCUT2D eigenvalue weighted by Gasteiger charge is -2.29. The van der Waals surface area contributed by atoms with E-state index in [0.29, 0.717) is 12.1 Å². The maximum atomic E-state index is 11.6. The molecule has 2 atom stereocenters. The highest BCUT2D eigenvalue weighted by Crippen LogP contribution is 2.26. The van der Waals surface area contributed by atoms with Crippen LogP contribution < -0.4 is 0 Å². The Labute approximate surface area is 116 Å². The summed E-state index contributed by atoms with van der Waals surface area (Å²) in [5.41, 5.74) is 1.36. The van der Waals surface area contributed by atoms with E-state index in [9.17, 15) is 4.79 Å². The number of benzene rings is 1. The summed E-state index contributed by atoms with van der Waals surface area (Å²) in [6.07, 6.45) is 1.09. The average Bonchev–Trinajstić information content (AvgIpc) is 2.89. The van der Waals surface area contributed by atoms with Gasteiger partial charge in [0.05, 0.1) is 0 Å². The Morgan fingerprint density at radius 1 is 1.42 bits per heavy atom. The van der Waals surface area contributed by atoms with Crippen molar-refractivity contribution in [1.82, 2.24) is 9.80 Å². The zero-order valence-electron chi connectivity index (χ0n) is 12.2. The lowest BCUT2D eigenvalue weighted by Crippen LogP contribution is -2.40. The monoisotopic (exact) mass is 260 g/mol. The van der Waals surface area contributed by atoms with Crippen LogP contribution in [0, 0.1) is 0 Å². The lowest BCUT2D eigenvalue weighted by molar-refractivity contribution is -0.130. The van der Waals surface area contributed by atoms with Gasteiger partial charge in [-0.2, -0.15) is 0 Å². The van der Waals surface area contributed by atoms with Crippen LogP contribution in [0.1, 0.15) is 38.8 Å². The van der Waals surface area contributed by atoms with Crippen LogP contribution in [0.2, 0.25) is 0 Å². The molecule has 0 radical (unpaired) electrons. The van der Waals surface area contributed by atoms with E-state index in [2.05, 4.69) is 49.1 Å². The molecule has 0 aliphatic carbocycles. The number of hydrogen-bond acceptors (Lipinski definition) is 2. The van der Waals surface area contributed by atoms with E-state index in [1.165, 1.54) is 5.56 Å². The summed E-state index contributed by atoms with van der Waals surface area (Å²) in [4.78, 5) is 16.1. The first-order valence-corrected chi connectivity index (χ1v) is 7.19. The molecule has 0 N–H and O–H groups in total. The van der Waals surface area contributed by atoms with Crippen LogP contribution in [0.25, 0.3) is 0 Å². The molecule has 0 bridgehead atoms. The van der Waals surface area contributed by atoms with Gasteiger partial charge in [0.1, 0.15) is 0 Å². The summed E-state index contributed by atoms with van der Waals surface area (Å²) in [7, 11) is 0. The van der Waals surface area contributed by atoms with Gasteiger partial charge in [-0.25, -0.2) is 0 Å². The zero-order chi connectivity index (χ0) is 13.8. The van der Waals surface area contributed by atoms with Gasteiger partial charge in [-0.15, -0.1) is 0 Å². The summed E-state index contributed by atoms with van der Waals surface area (Å²) in [6.45, 7) is 8.86. The van der Waals surface area contributed by atoms with Crippen molar-refractivity contribution < 1.29 is 4.79 Å². The van der Waals surface area contributed by atoms with Crippen LogP contribution in [-0.2, 0) is 4.79 Å². The molecule has 1 saturated heterocycles. The quantitative estimate of drug-likeness (QED) is 0.831. The second-order valence-corrected chi connectivity index (χ2v) is 5.33. The van der Waals surface area contributed by atoms with E-state index in [-0.39, 0.29) is 5.91 Å². The molecule has 0 unspecified atom stereocenters. The molecule has 1 aromatic carbocycles. The highest BCUT2D eigenvalue weighted by atomic mass is 16.2. The van der Waals surface area contributed by atoms with Crippen LogP contribution in [0.4, 0.5) is 0 Å². The highest BCUT2D eigenvalue weighted by molar-refractivity contribution is 5.73. The molecule has 1 amide bonds. The Hall–Kier alpha value is -1.35. The Bertz CT molecular complexity index is 418. The van der Waals surface area contributed by atoms with Gasteiger partial charge in [-0.3, -0.25) is 9.69 Å². The second kappa shape index (κ2) is 6.20. The van der Waals surface area contributed by atoms with E-state index in [1.807, 2.05) is 4.90 Å². The largest absolute Gasteiger partial charge is 0.339 e. The molecular formula is C16H24N2O. The van der Waals surface area contributed by atoms with Crippen molar-refractivity contribution in [2.75, 3.05) is 19.6 Å². The number of nitrogens with zero attached hydrogens (tertiary/aromatic N) is 2. The number of carbonyl (C=O) groups is 1. The van der Waals surface area contributed by atoms with Gasteiger partial charge in [0, 0.05) is 38.6 Å². The van der Waals surface area contributed by atoms with Gasteiger partial charge >= 0.3 is 0 Å². The summed E-state index contributed by atoms with van der Waals surface area (Å²) >= 11 is 0. The highest BCUT2D eigenvalue weighted by Gasteiger charge is 2.30. The average molecular weight is 260 g/mol. The van der Waals surface area contributed by atoms with E-state index in [1.54, 1.807) is 6.92 Å². The molecule has 3 nitrogen and oxygen atoms in total. The normalized spacial score (nSPS) is 21.3. The number of amides is 1. The molecule has 2 rings (SSSR count). The number of carbonyl (C=O) groups excluding carboxylic acids is 1. The maximum absolute atomic E-state index is 11.6. The molecule has 1 aromatic rings. The molecule has 19 heavy (non-hydrogen) atoms. The SMILES string of the molecule is CCN(C(C)=O)[C@H]1CCN([C@H](C)c2ccccc2)C1. The number of rotatable bonds is 4. The molecule has 1 aliphatic heterocycles. The maximum Gasteiger partial charge on any atom is 0.219 e. The minimum absolute atomic E-state index is 0.196. The number of hydrogen-bond donors (Lipinski definition) is 0. The molecule has 3 heteroatoms. The first kappa shape index (κ1) is 14.1. The third-order valence-corrected chi connectivity index (χ3v) is 4.21. The van der Waals surface area contributed by atoms with Crippen molar-refractivity contribution in [3.05, 3.63) is 35.9 Å². The molecule has 0 saturated carbocycles. The first-order valence-electron chi connectivity index (χ1n) is 7.19. The van der Waals surface area contributed by atoms with Crippen LogP contribution in [-0.4, -0.2) is 41.4 Å². The minimum Gasteiger partial charge on any atom is -0.339 e. The Morgan fingerprint density at radius 3 is 2.68 bits per heavy atom. The number of likely N-dealkylation sites (tertiary alicyclic amines) is 1. The van der Waals surface area contributed by atoms with Crippen molar-refractivity contribution in [2.45, 2.75) is 39.3 Å². The van der Waals surface area contributed by atoms with Crippen LogP contribution in [0.3, 0.4) is 0 Å². The molecule has 0 aromatic heterocycles. The predicted octanol–water partition coefficient (Wildman–Crippen LogP) is 2.69. The van der Waals surface area contributed by atoms with Crippen molar-refractivity contribution in [2.24, 2.45) is 0 Å². The zero-order valence-corrected chi connectivity index (χ0v) is 12.2. The molecular weight excluding hydrogens is 236 g/mol. The van der Waals surface area contributed by atoms with Crippen molar-refractivity contribution in [1.29, 1.82) is 0 Å². The van der Waals surface area contributed by atoms with E-state index in [4.69, 9.17) is 0 Å². The predicted molar refractivity (Wildman–Crippen MR) is 77.9 cm³/mol. The first-order chi connectivity index (χ1) is 9.13. The fraction of sp³-hybridized carbons (Fsp3) is 0.562. The van der Waals surface area contributed by atoms with Gasteiger partial charge in [-0.1, -0.05) is 30.3 Å². The third-order valence-electron chi connectivity index (χ3n) is 4.21. The molecule has 1 heterocycles. The topological polar surface area (TPSA) is 23.6 Å². The van der Waals surface area contributed by atoms with Crippen molar-refractivity contribution in [3.63, 3.8) is 0 Å². The standard InChI is InChI=1S/C16H24N2O/c1-4-18(14(3)19)16-10-11-17(12-16)13(2)15-8-6-5-7-9-15/h5-9,13,16H,4,10-12H2,1-3H3/t13-,16+/m1/s1. The van der Waals surface area contributed by atoms with Crippen LogP contribution in [0.15, 0.2) is 30.3 Å². The second-order valence-electron chi connectivity index (χ2n) is 5.33. The molecule has 0 spiro atoms. The third kappa shape index (κ3) is 3.16. The van der Waals surface area contributed by atoms with E-state index in [0.717, 1.165) is 26.1 Å². The fourth-order valence-electron chi connectivity index (χ4n) is 3.05. The van der Waals surface area contributed by atoms with Crippen molar-refractivity contribution >= 4 is 5.91 Å². The van der Waals surface area contributed by atoms with Gasteiger partial charge in [0.25, 0.3) is 0 Å². The Morgan fingerprint density at radius 2 is 2.11 bits per heavy atom. The molecule has 1 aliphatic rings. The van der Waals surface area contributed by atoms with E-state index < -0.39 is 0 Å². The van der Waals surface area contributed by atoms with Crippen LogP contribution >= 0.6 is 0 Å². The van der Waals surface area contributed by atoms with E-state index >= 15 is 0 Å². The summed E-state index contributed by atoms with van der Waals surface area (Å²) in [5.74, 6) is 0.196. The minimum atomic E-state index is 0.196. The van der Waals surface area contributed by atoms with Crippen molar-refractivity contribution in [3.8, 4) is 0 Å². The fourth-order valence-corrected chi connectivity index (χ4v) is 3.05. The summed E-state index contributed by atoms with van der Waals surface area (Å²) < 4.78 is 0. The van der Waals surface area contributed by atoms with Gasteiger partial charge < -0.3 is 4.90 Å². The Balaban J connectivity index is 2.00. The summed E-state index contributed by atoms with van der Waals surface area (Å²) in [6, 6.07) is 11.4. The van der Waals surface area contributed by atoms with Gasteiger partial charge in [0.2, 0.25) is 5.91 Å². The number of likely N-dealkylation sites (N-methyl/N-ethyl adjacent to an activating group) is 1. The van der Waals surface area contributed by atoms with Gasteiger partial charge in [-0.05, 0) is 25.8 Å². The molecule has 104 valence electrons.